The van der Waals surface area contributed by atoms with Gasteiger partial charge in [0.2, 0.25) is 0 Å². The maximum Gasteiger partial charge on any atom is 0.161 e. The van der Waals surface area contributed by atoms with Crippen LogP contribution in [0.3, 0.4) is 0 Å². The topological polar surface area (TPSA) is 39.7 Å². The van der Waals surface area contributed by atoms with Crippen molar-refractivity contribution >= 4 is 0 Å². The molecule has 0 radical (unpaired) electrons. The lowest BCUT2D eigenvalue weighted by Crippen LogP contribution is -2.28. The van der Waals surface area contributed by atoms with E-state index in [0.717, 1.165) is 50.0 Å². The smallest absolute Gasteiger partial charge is 0.161 e. The molecule has 2 aliphatic heterocycles. The average molecular weight is 291 g/mol. The summed E-state index contributed by atoms with van der Waals surface area (Å²) in [5.74, 6) is 2.46. The largest absolute Gasteiger partial charge is 0.493 e. The Bertz CT molecular complexity index is 451. The highest BCUT2D eigenvalue weighted by atomic mass is 16.6. The van der Waals surface area contributed by atoms with E-state index >= 15 is 0 Å². The molecule has 0 saturated carbocycles. The molecule has 21 heavy (non-hydrogen) atoms. The summed E-state index contributed by atoms with van der Waals surface area (Å²) in [5.41, 5.74) is 1.34. The summed E-state index contributed by atoms with van der Waals surface area (Å²) in [6.45, 7) is 3.76. The summed E-state index contributed by atoms with van der Waals surface area (Å²) >= 11 is 0. The van der Waals surface area contributed by atoms with Crippen molar-refractivity contribution in [1.29, 1.82) is 0 Å². The zero-order chi connectivity index (χ0) is 14.5. The molecule has 116 valence electrons. The Morgan fingerprint density at radius 2 is 2.05 bits per heavy atom. The number of ether oxygens (including phenoxy) is 3. The number of hydrogen-bond acceptors (Lipinski definition) is 4. The Kier molecular flexibility index (Phi) is 4.99. The monoisotopic (exact) mass is 291 g/mol. The molecule has 2 fully saturated rings. The molecule has 0 amide bonds. The van der Waals surface area contributed by atoms with Crippen LogP contribution in [0.5, 0.6) is 11.5 Å². The SMILES string of the molecule is COc1cc(CC2CCNCC2)ccc1OC1CCOC1. The molecule has 1 N–H and O–H groups in total. The van der Waals surface area contributed by atoms with Gasteiger partial charge in [0.15, 0.2) is 11.5 Å². The summed E-state index contributed by atoms with van der Waals surface area (Å²) in [5, 5.41) is 3.42. The van der Waals surface area contributed by atoms with Gasteiger partial charge in [0.25, 0.3) is 0 Å². The van der Waals surface area contributed by atoms with Crippen molar-refractivity contribution in [3.8, 4) is 11.5 Å². The zero-order valence-corrected chi connectivity index (χ0v) is 12.8. The number of methoxy groups -OCH3 is 1. The molecule has 1 aromatic rings. The fourth-order valence-electron chi connectivity index (χ4n) is 3.14. The van der Waals surface area contributed by atoms with Crippen molar-refractivity contribution in [2.24, 2.45) is 5.92 Å². The molecule has 1 aromatic carbocycles. The third kappa shape index (κ3) is 3.89. The van der Waals surface area contributed by atoms with Crippen LogP contribution in [0.2, 0.25) is 0 Å². The maximum absolute atomic E-state index is 5.98. The van der Waals surface area contributed by atoms with Crippen LogP contribution >= 0.6 is 0 Å². The van der Waals surface area contributed by atoms with Gasteiger partial charge in [-0.15, -0.1) is 0 Å². The molecule has 0 aromatic heterocycles. The van der Waals surface area contributed by atoms with E-state index in [2.05, 4.69) is 17.4 Å². The van der Waals surface area contributed by atoms with E-state index in [9.17, 15) is 0 Å². The van der Waals surface area contributed by atoms with Crippen LogP contribution in [-0.4, -0.2) is 39.5 Å². The molecule has 4 heteroatoms. The third-order valence-electron chi connectivity index (χ3n) is 4.39. The van der Waals surface area contributed by atoms with Crippen LogP contribution in [-0.2, 0) is 11.2 Å². The highest BCUT2D eigenvalue weighted by molar-refractivity contribution is 5.43. The molecule has 2 saturated heterocycles. The van der Waals surface area contributed by atoms with Gasteiger partial charge in [-0.2, -0.15) is 0 Å². The van der Waals surface area contributed by atoms with Gasteiger partial charge in [-0.3, -0.25) is 0 Å². The Hall–Kier alpha value is -1.26. The van der Waals surface area contributed by atoms with E-state index in [1.54, 1.807) is 7.11 Å². The molecule has 1 atom stereocenters. The normalized spacial score (nSPS) is 23.2. The second-order valence-electron chi connectivity index (χ2n) is 5.99. The van der Waals surface area contributed by atoms with E-state index < -0.39 is 0 Å². The van der Waals surface area contributed by atoms with Crippen molar-refractivity contribution in [3.05, 3.63) is 23.8 Å². The van der Waals surface area contributed by atoms with Crippen LogP contribution in [0, 0.1) is 5.92 Å². The van der Waals surface area contributed by atoms with Gasteiger partial charge < -0.3 is 19.5 Å². The lowest BCUT2D eigenvalue weighted by Gasteiger charge is -2.23. The second-order valence-corrected chi connectivity index (χ2v) is 5.99. The maximum atomic E-state index is 5.98. The Labute approximate surface area is 126 Å². The van der Waals surface area contributed by atoms with Crippen LogP contribution in [0.1, 0.15) is 24.8 Å². The van der Waals surface area contributed by atoms with Gasteiger partial charge in [-0.1, -0.05) is 6.07 Å². The van der Waals surface area contributed by atoms with E-state index in [4.69, 9.17) is 14.2 Å². The van der Waals surface area contributed by atoms with Crippen molar-refractivity contribution < 1.29 is 14.2 Å². The second kappa shape index (κ2) is 7.14. The number of benzene rings is 1. The van der Waals surface area contributed by atoms with Gasteiger partial charge in [-0.25, -0.2) is 0 Å². The predicted octanol–water partition coefficient (Wildman–Crippen LogP) is 2.41. The number of nitrogens with one attached hydrogen (secondary N) is 1. The summed E-state index contributed by atoms with van der Waals surface area (Å²) in [4.78, 5) is 0. The number of piperidine rings is 1. The molecular weight excluding hydrogens is 266 g/mol. The standard InChI is InChI=1S/C17H25NO3/c1-19-17-11-14(10-13-4-7-18-8-5-13)2-3-16(17)21-15-6-9-20-12-15/h2-3,11,13,15,18H,4-10,12H2,1H3. The minimum Gasteiger partial charge on any atom is -0.493 e. The van der Waals surface area contributed by atoms with Crippen LogP contribution in [0.15, 0.2) is 18.2 Å². The van der Waals surface area contributed by atoms with E-state index in [1.165, 1.54) is 18.4 Å². The van der Waals surface area contributed by atoms with Gasteiger partial charge in [0, 0.05) is 6.42 Å². The van der Waals surface area contributed by atoms with Crippen molar-refractivity contribution in [2.45, 2.75) is 31.8 Å². The molecule has 0 spiro atoms. The van der Waals surface area contributed by atoms with E-state index in [-0.39, 0.29) is 6.10 Å². The van der Waals surface area contributed by atoms with Crippen LogP contribution < -0.4 is 14.8 Å². The zero-order valence-electron chi connectivity index (χ0n) is 12.8. The number of rotatable bonds is 5. The van der Waals surface area contributed by atoms with Gasteiger partial charge in [-0.05, 0) is 56.0 Å². The van der Waals surface area contributed by atoms with Crippen molar-refractivity contribution in [2.75, 3.05) is 33.4 Å². The minimum absolute atomic E-state index is 0.161. The van der Waals surface area contributed by atoms with Gasteiger partial charge >= 0.3 is 0 Å². The predicted molar refractivity (Wildman–Crippen MR) is 82.1 cm³/mol. The first-order valence-electron chi connectivity index (χ1n) is 7.97. The molecule has 0 aliphatic carbocycles. The van der Waals surface area contributed by atoms with Crippen LogP contribution in [0.25, 0.3) is 0 Å². The highest BCUT2D eigenvalue weighted by Crippen LogP contribution is 2.31. The Balaban J connectivity index is 1.65. The molecule has 0 bridgehead atoms. The first-order chi connectivity index (χ1) is 10.3. The summed E-state index contributed by atoms with van der Waals surface area (Å²) in [7, 11) is 1.71. The lowest BCUT2D eigenvalue weighted by atomic mass is 9.91. The summed E-state index contributed by atoms with van der Waals surface area (Å²) in [6.07, 6.45) is 4.78. The molecular formula is C17H25NO3. The van der Waals surface area contributed by atoms with Crippen molar-refractivity contribution in [1.82, 2.24) is 5.32 Å². The molecule has 2 aliphatic rings. The molecule has 2 heterocycles. The highest BCUT2D eigenvalue weighted by Gasteiger charge is 2.20. The Morgan fingerprint density at radius 3 is 2.76 bits per heavy atom. The van der Waals surface area contributed by atoms with Gasteiger partial charge in [0.1, 0.15) is 6.10 Å². The minimum atomic E-state index is 0.161. The Morgan fingerprint density at radius 1 is 1.19 bits per heavy atom. The lowest BCUT2D eigenvalue weighted by molar-refractivity contribution is 0.138. The molecule has 3 rings (SSSR count). The first-order valence-corrected chi connectivity index (χ1v) is 7.97. The fourth-order valence-corrected chi connectivity index (χ4v) is 3.14. The quantitative estimate of drug-likeness (QED) is 0.904. The average Bonchev–Trinajstić information content (AvgIpc) is 3.03. The van der Waals surface area contributed by atoms with Crippen molar-refractivity contribution in [3.63, 3.8) is 0 Å². The van der Waals surface area contributed by atoms with Gasteiger partial charge in [0.05, 0.1) is 20.3 Å². The molecule has 4 nitrogen and oxygen atoms in total. The summed E-state index contributed by atoms with van der Waals surface area (Å²) in [6, 6.07) is 6.36. The fraction of sp³-hybridized carbons (Fsp3) is 0.647. The van der Waals surface area contributed by atoms with Crippen LogP contribution in [0.4, 0.5) is 0 Å². The first kappa shape index (κ1) is 14.7. The van der Waals surface area contributed by atoms with E-state index in [0.29, 0.717) is 6.61 Å². The number of hydrogen-bond donors (Lipinski definition) is 1. The third-order valence-corrected chi connectivity index (χ3v) is 4.39. The summed E-state index contributed by atoms with van der Waals surface area (Å²) < 4.78 is 16.8. The van der Waals surface area contributed by atoms with E-state index in [1.807, 2.05) is 6.07 Å². The molecule has 1 unspecified atom stereocenters.